The van der Waals surface area contributed by atoms with Crippen molar-refractivity contribution >= 4 is 23.2 Å². The Balaban J connectivity index is 3.04. The third-order valence-corrected chi connectivity index (χ3v) is 2.58. The first-order valence-electron chi connectivity index (χ1n) is 5.16. The normalized spacial score (nSPS) is 10.0. The molecule has 0 saturated heterocycles. The van der Waals surface area contributed by atoms with Crippen LogP contribution in [0.5, 0.6) is 0 Å². The second kappa shape index (κ2) is 6.27. The van der Waals surface area contributed by atoms with Gasteiger partial charge in [-0.2, -0.15) is 0 Å². The molecule has 5 heteroatoms. The Hall–Kier alpha value is -1.52. The molecule has 17 heavy (non-hydrogen) atoms. The fraction of sp³-hybridized carbons (Fsp3) is 0.250. The molecule has 0 aliphatic rings. The van der Waals surface area contributed by atoms with Crippen LogP contribution in [-0.4, -0.2) is 35.6 Å². The van der Waals surface area contributed by atoms with E-state index >= 15 is 0 Å². The minimum Gasteiger partial charge on any atom is -0.398 e. The average Bonchev–Trinajstić information content (AvgIpc) is 2.28. The van der Waals surface area contributed by atoms with Crippen LogP contribution in [0.2, 0.25) is 5.02 Å². The summed E-state index contributed by atoms with van der Waals surface area (Å²) in [6, 6.07) is 4.90. The number of nitrogens with zero attached hydrogens (tertiary/aromatic N) is 1. The minimum atomic E-state index is -0.304. The van der Waals surface area contributed by atoms with Gasteiger partial charge >= 0.3 is 0 Å². The average molecular weight is 255 g/mol. The van der Waals surface area contributed by atoms with Crippen LogP contribution in [0, 0.1) is 0 Å². The van der Waals surface area contributed by atoms with Crippen LogP contribution in [-0.2, 0) is 0 Å². The first-order valence-corrected chi connectivity index (χ1v) is 5.54. The third kappa shape index (κ3) is 3.22. The number of halogens is 1. The first kappa shape index (κ1) is 13.5. The lowest BCUT2D eigenvalue weighted by atomic mass is 10.1. The van der Waals surface area contributed by atoms with Crippen LogP contribution in [0.15, 0.2) is 30.9 Å². The number of aliphatic hydroxyl groups excluding tert-OH is 1. The number of benzene rings is 1. The maximum absolute atomic E-state index is 12.2. The second-order valence-electron chi connectivity index (χ2n) is 3.47. The molecule has 0 atom stereocenters. The molecule has 92 valence electrons. The van der Waals surface area contributed by atoms with Crippen molar-refractivity contribution in [2.24, 2.45) is 0 Å². The Bertz CT molecular complexity index is 401. The van der Waals surface area contributed by atoms with Crippen molar-refractivity contribution in [2.75, 3.05) is 25.4 Å². The number of amides is 1. The third-order valence-electron chi connectivity index (χ3n) is 2.27. The molecule has 1 rings (SSSR count). The van der Waals surface area contributed by atoms with Crippen LogP contribution in [0.3, 0.4) is 0 Å². The van der Waals surface area contributed by atoms with Gasteiger partial charge in [-0.25, -0.2) is 0 Å². The van der Waals surface area contributed by atoms with Crippen LogP contribution in [0.4, 0.5) is 5.69 Å². The second-order valence-corrected chi connectivity index (χ2v) is 3.87. The topological polar surface area (TPSA) is 66.6 Å². The van der Waals surface area contributed by atoms with E-state index in [1.54, 1.807) is 24.3 Å². The molecule has 0 unspecified atom stereocenters. The van der Waals surface area contributed by atoms with Gasteiger partial charge < -0.3 is 15.7 Å². The lowest BCUT2D eigenvalue weighted by Crippen LogP contribution is -2.34. The van der Waals surface area contributed by atoms with Crippen molar-refractivity contribution in [3.63, 3.8) is 0 Å². The summed E-state index contributed by atoms with van der Waals surface area (Å²) in [5.74, 6) is -0.304. The summed E-state index contributed by atoms with van der Waals surface area (Å²) in [6.45, 7) is 4.00. The zero-order valence-electron chi connectivity index (χ0n) is 9.40. The Morgan fingerprint density at radius 2 is 2.29 bits per heavy atom. The summed E-state index contributed by atoms with van der Waals surface area (Å²) >= 11 is 5.95. The Kier molecular flexibility index (Phi) is 5.00. The van der Waals surface area contributed by atoms with Crippen molar-refractivity contribution in [1.82, 2.24) is 4.90 Å². The first-order chi connectivity index (χ1) is 8.11. The summed E-state index contributed by atoms with van der Waals surface area (Å²) in [7, 11) is 0. The van der Waals surface area contributed by atoms with Gasteiger partial charge in [-0.15, -0.1) is 6.58 Å². The van der Waals surface area contributed by atoms with Crippen LogP contribution in [0.1, 0.15) is 10.4 Å². The maximum Gasteiger partial charge on any atom is 0.257 e. The molecular formula is C12H15ClN2O2. The summed E-state index contributed by atoms with van der Waals surface area (Å²) in [5.41, 5.74) is 6.33. The molecule has 1 aromatic carbocycles. The molecule has 0 saturated carbocycles. The van der Waals surface area contributed by atoms with E-state index in [2.05, 4.69) is 6.58 Å². The van der Waals surface area contributed by atoms with Gasteiger partial charge in [0.25, 0.3) is 5.91 Å². The largest absolute Gasteiger partial charge is 0.398 e. The molecule has 0 bridgehead atoms. The van der Waals surface area contributed by atoms with Gasteiger partial charge in [0, 0.05) is 18.8 Å². The Morgan fingerprint density at radius 3 is 2.82 bits per heavy atom. The highest BCUT2D eigenvalue weighted by atomic mass is 35.5. The van der Waals surface area contributed by atoms with Crippen molar-refractivity contribution in [3.05, 3.63) is 41.4 Å². The van der Waals surface area contributed by atoms with E-state index in [1.807, 2.05) is 0 Å². The number of hydrogen-bond acceptors (Lipinski definition) is 3. The minimum absolute atomic E-state index is 0.121. The molecule has 1 aromatic rings. The number of carbonyl (C=O) groups is 1. The number of nitrogens with two attached hydrogens (primary N) is 1. The van der Waals surface area contributed by atoms with Crippen molar-refractivity contribution in [1.29, 1.82) is 0 Å². The standard InChI is InChI=1S/C12H15ClN2O2/c1-2-6-15(7-8-16)12(17)11-9(13)4-3-5-10(11)14/h2-5,16H,1,6-8,14H2. The van der Waals surface area contributed by atoms with E-state index in [4.69, 9.17) is 22.4 Å². The highest BCUT2D eigenvalue weighted by Crippen LogP contribution is 2.23. The number of rotatable bonds is 5. The van der Waals surface area contributed by atoms with Gasteiger partial charge in [0.15, 0.2) is 0 Å². The van der Waals surface area contributed by atoms with E-state index in [1.165, 1.54) is 4.90 Å². The van der Waals surface area contributed by atoms with Crippen molar-refractivity contribution in [2.45, 2.75) is 0 Å². The fourth-order valence-corrected chi connectivity index (χ4v) is 1.74. The number of hydrogen-bond donors (Lipinski definition) is 2. The molecule has 0 spiro atoms. The van der Waals surface area contributed by atoms with Gasteiger partial charge in [-0.05, 0) is 12.1 Å². The van der Waals surface area contributed by atoms with E-state index in [-0.39, 0.29) is 24.6 Å². The molecule has 0 aromatic heterocycles. The SMILES string of the molecule is C=CCN(CCO)C(=O)c1c(N)cccc1Cl. The van der Waals surface area contributed by atoms with Crippen LogP contribution >= 0.6 is 11.6 Å². The van der Waals surface area contributed by atoms with E-state index in [9.17, 15) is 4.79 Å². The van der Waals surface area contributed by atoms with E-state index in [0.717, 1.165) is 0 Å². The summed E-state index contributed by atoms with van der Waals surface area (Å²) < 4.78 is 0. The predicted octanol–water partition coefficient (Wildman–Crippen LogP) is 1.54. The maximum atomic E-state index is 12.2. The number of carbonyl (C=O) groups excluding carboxylic acids is 1. The molecule has 0 heterocycles. The Labute approximate surface area is 105 Å². The van der Waals surface area contributed by atoms with E-state index < -0.39 is 0 Å². The number of anilines is 1. The number of aliphatic hydroxyl groups is 1. The van der Waals surface area contributed by atoms with Crippen molar-refractivity contribution < 1.29 is 9.90 Å². The highest BCUT2D eigenvalue weighted by molar-refractivity contribution is 6.34. The summed E-state index contributed by atoms with van der Waals surface area (Å²) in [6.07, 6.45) is 1.58. The van der Waals surface area contributed by atoms with Gasteiger partial charge in [0.05, 0.1) is 17.2 Å². The quantitative estimate of drug-likeness (QED) is 0.619. The fourth-order valence-electron chi connectivity index (χ4n) is 1.48. The molecule has 0 radical (unpaired) electrons. The molecule has 1 amide bonds. The van der Waals surface area contributed by atoms with Gasteiger partial charge in [0.2, 0.25) is 0 Å². The van der Waals surface area contributed by atoms with Crippen LogP contribution < -0.4 is 5.73 Å². The monoisotopic (exact) mass is 254 g/mol. The smallest absolute Gasteiger partial charge is 0.257 e. The zero-order chi connectivity index (χ0) is 12.8. The number of nitrogen functional groups attached to an aromatic ring is 1. The van der Waals surface area contributed by atoms with Crippen molar-refractivity contribution in [3.8, 4) is 0 Å². The van der Waals surface area contributed by atoms with Gasteiger partial charge in [0.1, 0.15) is 0 Å². The summed E-state index contributed by atoms with van der Waals surface area (Å²) in [5, 5.41) is 9.21. The molecule has 0 fully saturated rings. The van der Waals surface area contributed by atoms with Crippen LogP contribution in [0.25, 0.3) is 0 Å². The lowest BCUT2D eigenvalue weighted by molar-refractivity contribution is 0.0744. The summed E-state index contributed by atoms with van der Waals surface area (Å²) in [4.78, 5) is 13.6. The molecule has 4 nitrogen and oxygen atoms in total. The molecular weight excluding hydrogens is 240 g/mol. The lowest BCUT2D eigenvalue weighted by Gasteiger charge is -2.21. The Morgan fingerprint density at radius 1 is 1.59 bits per heavy atom. The zero-order valence-corrected chi connectivity index (χ0v) is 10.2. The predicted molar refractivity (Wildman–Crippen MR) is 69.1 cm³/mol. The van der Waals surface area contributed by atoms with E-state index in [0.29, 0.717) is 17.3 Å². The molecule has 3 N–H and O–H groups in total. The highest BCUT2D eigenvalue weighted by Gasteiger charge is 2.19. The molecule has 0 aliphatic carbocycles. The van der Waals surface area contributed by atoms with Gasteiger partial charge in [-0.1, -0.05) is 23.7 Å². The van der Waals surface area contributed by atoms with Gasteiger partial charge in [-0.3, -0.25) is 4.79 Å². The molecule has 0 aliphatic heterocycles.